The fraction of sp³-hybridized carbons (Fsp3) is 0.667. The molecule has 0 radical (unpaired) electrons. The van der Waals surface area contributed by atoms with Crippen LogP contribution in [0.5, 0.6) is 0 Å². The number of sulfonamides is 1. The van der Waals surface area contributed by atoms with Crippen LogP contribution in [-0.4, -0.2) is 31.7 Å². The molecular weight excluding hydrogens is 303 g/mol. The summed E-state index contributed by atoms with van der Waals surface area (Å²) in [6, 6.07) is 0. The van der Waals surface area contributed by atoms with Gasteiger partial charge in [0.25, 0.3) is 0 Å². The first-order valence-corrected chi connectivity index (χ1v) is 7.96. The summed E-state index contributed by atoms with van der Waals surface area (Å²) in [5.74, 6) is 0. The van der Waals surface area contributed by atoms with Crippen LogP contribution in [0.4, 0.5) is 18.3 Å². The lowest BCUT2D eigenvalue weighted by molar-refractivity contribution is -0.140. The average molecular weight is 315 g/mol. The van der Waals surface area contributed by atoms with E-state index in [0.717, 1.165) is 16.7 Å². The molecule has 108 valence electrons. The maximum Gasteiger partial charge on any atom is 0.434 e. The number of aromatic nitrogens is 1. The van der Waals surface area contributed by atoms with Crippen molar-refractivity contribution in [2.24, 2.45) is 5.14 Å². The minimum Gasteiger partial charge on any atom is -0.347 e. The summed E-state index contributed by atoms with van der Waals surface area (Å²) in [5, 5.41) is 5.43. The highest BCUT2D eigenvalue weighted by molar-refractivity contribution is 7.89. The summed E-state index contributed by atoms with van der Waals surface area (Å²) in [6.45, 7) is 0.570. The molecule has 19 heavy (non-hydrogen) atoms. The monoisotopic (exact) mass is 315 g/mol. The van der Waals surface area contributed by atoms with Crippen molar-refractivity contribution in [3.63, 3.8) is 0 Å². The molecule has 1 fully saturated rings. The molecular formula is C9H12F3N3O2S2. The predicted molar refractivity (Wildman–Crippen MR) is 65.5 cm³/mol. The first kappa shape index (κ1) is 14.5. The second kappa shape index (κ2) is 4.91. The molecule has 2 rings (SSSR count). The van der Waals surface area contributed by atoms with Gasteiger partial charge in [-0.15, -0.1) is 11.3 Å². The smallest absolute Gasteiger partial charge is 0.347 e. The van der Waals surface area contributed by atoms with E-state index >= 15 is 0 Å². The Kier molecular flexibility index (Phi) is 3.76. The minimum atomic E-state index is -4.48. The zero-order valence-corrected chi connectivity index (χ0v) is 11.4. The molecule has 0 bridgehead atoms. The highest BCUT2D eigenvalue weighted by atomic mass is 32.2. The lowest BCUT2D eigenvalue weighted by Gasteiger charge is -2.31. The first-order chi connectivity index (χ1) is 8.68. The van der Waals surface area contributed by atoms with Crippen LogP contribution in [0.15, 0.2) is 5.38 Å². The summed E-state index contributed by atoms with van der Waals surface area (Å²) < 4.78 is 59.9. The van der Waals surface area contributed by atoms with Gasteiger partial charge in [0, 0.05) is 18.5 Å². The van der Waals surface area contributed by atoms with E-state index in [-0.39, 0.29) is 11.7 Å². The highest BCUT2D eigenvalue weighted by Gasteiger charge is 2.35. The van der Waals surface area contributed by atoms with Gasteiger partial charge in [0.15, 0.2) is 10.8 Å². The highest BCUT2D eigenvalue weighted by Crippen LogP contribution is 2.34. The van der Waals surface area contributed by atoms with Crippen molar-refractivity contribution in [1.29, 1.82) is 0 Å². The Morgan fingerprint density at radius 1 is 1.47 bits per heavy atom. The van der Waals surface area contributed by atoms with Crippen LogP contribution in [0.3, 0.4) is 0 Å². The van der Waals surface area contributed by atoms with E-state index in [4.69, 9.17) is 5.14 Å². The van der Waals surface area contributed by atoms with Crippen LogP contribution in [0.1, 0.15) is 18.5 Å². The summed E-state index contributed by atoms with van der Waals surface area (Å²) >= 11 is 0.855. The van der Waals surface area contributed by atoms with Crippen molar-refractivity contribution in [3.8, 4) is 0 Å². The number of rotatable bonds is 2. The van der Waals surface area contributed by atoms with Crippen LogP contribution >= 0.6 is 11.3 Å². The Morgan fingerprint density at radius 3 is 2.68 bits per heavy atom. The van der Waals surface area contributed by atoms with Gasteiger partial charge >= 0.3 is 6.18 Å². The maximum atomic E-state index is 12.4. The fourth-order valence-electron chi connectivity index (χ4n) is 1.92. The Morgan fingerprint density at radius 2 is 2.16 bits per heavy atom. The molecule has 2 N–H and O–H groups in total. The van der Waals surface area contributed by atoms with E-state index in [1.807, 2.05) is 0 Å². The van der Waals surface area contributed by atoms with Crippen molar-refractivity contribution in [3.05, 3.63) is 11.1 Å². The zero-order chi connectivity index (χ0) is 14.3. The van der Waals surface area contributed by atoms with Gasteiger partial charge in [0.05, 0.1) is 5.25 Å². The Bertz CT molecular complexity index is 555. The third-order valence-electron chi connectivity index (χ3n) is 2.90. The number of nitrogens with zero attached hydrogens (tertiary/aromatic N) is 2. The van der Waals surface area contributed by atoms with Crippen LogP contribution in [0.2, 0.25) is 0 Å². The van der Waals surface area contributed by atoms with Crippen LogP contribution in [0.25, 0.3) is 0 Å². The van der Waals surface area contributed by atoms with Crippen LogP contribution < -0.4 is 10.0 Å². The number of primary sulfonamides is 1. The molecule has 1 atom stereocenters. The van der Waals surface area contributed by atoms with Crippen molar-refractivity contribution in [2.45, 2.75) is 24.3 Å². The van der Waals surface area contributed by atoms with E-state index < -0.39 is 27.1 Å². The topological polar surface area (TPSA) is 76.3 Å². The number of alkyl halides is 3. The van der Waals surface area contributed by atoms with E-state index in [1.165, 1.54) is 0 Å². The molecule has 1 aliphatic heterocycles. The average Bonchev–Trinajstić information content (AvgIpc) is 2.77. The van der Waals surface area contributed by atoms with Crippen molar-refractivity contribution >= 4 is 26.5 Å². The summed E-state index contributed by atoms with van der Waals surface area (Å²) in [5.41, 5.74) is -0.953. The van der Waals surface area contributed by atoms with Gasteiger partial charge in [0.1, 0.15) is 0 Å². The number of halogens is 3. The molecule has 1 saturated heterocycles. The van der Waals surface area contributed by atoms with E-state index in [1.54, 1.807) is 4.90 Å². The minimum absolute atomic E-state index is 0.0869. The number of nitrogens with two attached hydrogens (primary N) is 1. The van der Waals surface area contributed by atoms with Crippen molar-refractivity contribution in [1.82, 2.24) is 4.98 Å². The fourth-order valence-corrected chi connectivity index (χ4v) is 3.67. The SMILES string of the molecule is NS(=O)(=O)C1CCCN(c2nc(C(F)(F)F)cs2)C1. The Labute approximate surface area is 112 Å². The van der Waals surface area contributed by atoms with Gasteiger partial charge in [-0.05, 0) is 12.8 Å². The van der Waals surface area contributed by atoms with Gasteiger partial charge in [0.2, 0.25) is 10.0 Å². The second-order valence-corrected chi connectivity index (χ2v) is 6.99. The standard InChI is InChI=1S/C9H12F3N3O2S2/c10-9(11,12)7-5-18-8(14-7)15-3-1-2-6(4-15)19(13,16)17/h5-6H,1-4H2,(H2,13,16,17). The van der Waals surface area contributed by atoms with Crippen LogP contribution in [0, 0.1) is 0 Å². The molecule has 1 aliphatic rings. The normalized spacial score (nSPS) is 21.7. The Hall–Kier alpha value is -0.870. The lowest BCUT2D eigenvalue weighted by Crippen LogP contribution is -2.44. The maximum absolute atomic E-state index is 12.4. The largest absolute Gasteiger partial charge is 0.434 e. The molecule has 10 heteroatoms. The quantitative estimate of drug-likeness (QED) is 0.895. The number of anilines is 1. The van der Waals surface area contributed by atoms with Gasteiger partial charge < -0.3 is 4.90 Å². The number of thiazole rings is 1. The third-order valence-corrected chi connectivity index (χ3v) is 5.11. The molecule has 0 amide bonds. The first-order valence-electron chi connectivity index (χ1n) is 5.47. The zero-order valence-electron chi connectivity index (χ0n) is 9.72. The third kappa shape index (κ3) is 3.37. The van der Waals surface area contributed by atoms with Crippen LogP contribution in [-0.2, 0) is 16.2 Å². The number of hydrogen-bond acceptors (Lipinski definition) is 5. The molecule has 1 unspecified atom stereocenters. The molecule has 0 aliphatic carbocycles. The van der Waals surface area contributed by atoms with Gasteiger partial charge in [-0.25, -0.2) is 18.5 Å². The summed E-state index contributed by atoms with van der Waals surface area (Å²) in [6.07, 6.45) is -3.50. The molecule has 1 aromatic heterocycles. The van der Waals surface area contributed by atoms with Gasteiger partial charge in [-0.3, -0.25) is 0 Å². The van der Waals surface area contributed by atoms with E-state index in [0.29, 0.717) is 19.4 Å². The summed E-state index contributed by atoms with van der Waals surface area (Å²) in [4.78, 5) is 5.05. The number of piperidine rings is 1. The molecule has 0 spiro atoms. The second-order valence-electron chi connectivity index (χ2n) is 4.31. The lowest BCUT2D eigenvalue weighted by atomic mass is 10.1. The van der Waals surface area contributed by atoms with Crippen molar-refractivity contribution < 1.29 is 21.6 Å². The number of hydrogen-bond donors (Lipinski definition) is 1. The summed E-state index contributed by atoms with van der Waals surface area (Å²) in [7, 11) is -3.68. The Balaban J connectivity index is 2.16. The molecule has 0 saturated carbocycles. The predicted octanol–water partition coefficient (Wildman–Crippen LogP) is 1.42. The molecule has 1 aromatic rings. The molecule has 0 aromatic carbocycles. The van der Waals surface area contributed by atoms with Crippen molar-refractivity contribution in [2.75, 3.05) is 18.0 Å². The van der Waals surface area contributed by atoms with E-state index in [2.05, 4.69) is 4.98 Å². The van der Waals surface area contributed by atoms with E-state index in [9.17, 15) is 21.6 Å². The van der Waals surface area contributed by atoms with Gasteiger partial charge in [-0.1, -0.05) is 0 Å². The van der Waals surface area contributed by atoms with Gasteiger partial charge in [-0.2, -0.15) is 13.2 Å². The molecule has 2 heterocycles. The molecule has 5 nitrogen and oxygen atoms in total.